The number of hydrogen-bond donors (Lipinski definition) is 2. The van der Waals surface area contributed by atoms with Crippen LogP contribution in [-0.4, -0.2) is 9.97 Å². The van der Waals surface area contributed by atoms with Crippen molar-refractivity contribution in [1.82, 2.24) is 9.97 Å². The van der Waals surface area contributed by atoms with Crippen LogP contribution in [0, 0.1) is 0 Å². The Hall–Kier alpha value is -1.98. The van der Waals surface area contributed by atoms with Gasteiger partial charge < -0.3 is 5.43 Å². The molecule has 19 heavy (non-hydrogen) atoms. The fraction of sp³-hybridized carbons (Fsp3) is 0. The molecule has 0 amide bonds. The number of hydrogen-bond acceptors (Lipinski definition) is 4. The lowest BCUT2D eigenvalue weighted by atomic mass is 10.1. The normalized spacial score (nSPS) is 10.6. The van der Waals surface area contributed by atoms with Crippen LogP contribution in [0.1, 0.15) is 0 Å². The quantitative estimate of drug-likeness (QED) is 0.562. The number of nitrogens with zero attached hydrogens (tertiary/aromatic N) is 2. The predicted octanol–water partition coefficient (Wildman–Crippen LogP) is 3.34. The van der Waals surface area contributed by atoms with Gasteiger partial charge in [0, 0.05) is 21.6 Å². The fourth-order valence-corrected chi connectivity index (χ4v) is 2.23. The summed E-state index contributed by atoms with van der Waals surface area (Å²) < 4.78 is 1.04. The topological polar surface area (TPSA) is 63.8 Å². The van der Waals surface area contributed by atoms with Crippen LogP contribution in [0.5, 0.6) is 0 Å². The molecule has 0 spiro atoms. The summed E-state index contributed by atoms with van der Waals surface area (Å²) in [5.41, 5.74) is 5.32. The smallest absolute Gasteiger partial charge is 0.161 e. The van der Waals surface area contributed by atoms with E-state index in [2.05, 4.69) is 31.3 Å². The van der Waals surface area contributed by atoms with Gasteiger partial charge in [0.2, 0.25) is 0 Å². The molecule has 0 unspecified atom stereocenters. The molecule has 4 nitrogen and oxygen atoms in total. The minimum Gasteiger partial charge on any atom is -0.308 e. The molecule has 2 aromatic heterocycles. The average molecular weight is 315 g/mol. The third kappa shape index (κ3) is 2.30. The Balaban J connectivity index is 2.23. The molecular formula is C14H11BrN4. The molecule has 2 heterocycles. The second kappa shape index (κ2) is 4.95. The first-order valence-electron chi connectivity index (χ1n) is 5.76. The molecular weight excluding hydrogens is 304 g/mol. The van der Waals surface area contributed by atoms with Gasteiger partial charge in [-0.05, 0) is 35.9 Å². The first kappa shape index (κ1) is 12.1. The number of nitrogens with one attached hydrogen (secondary N) is 1. The van der Waals surface area contributed by atoms with E-state index >= 15 is 0 Å². The van der Waals surface area contributed by atoms with E-state index in [1.807, 2.05) is 42.5 Å². The molecule has 0 aliphatic carbocycles. The maximum Gasteiger partial charge on any atom is 0.161 e. The van der Waals surface area contributed by atoms with Crippen molar-refractivity contribution in [3.63, 3.8) is 0 Å². The molecule has 0 fully saturated rings. The summed E-state index contributed by atoms with van der Waals surface area (Å²) in [5, 5.41) is 0.986. The van der Waals surface area contributed by atoms with Gasteiger partial charge in [-0.3, -0.25) is 0 Å². The van der Waals surface area contributed by atoms with Crippen LogP contribution in [-0.2, 0) is 0 Å². The van der Waals surface area contributed by atoms with Crippen LogP contribution in [0.2, 0.25) is 0 Å². The molecule has 0 saturated heterocycles. The standard InChI is InChI=1S/C14H11BrN4/c15-11-5-3-9(4-6-11)12-8-10-2-1-7-17-13(10)18-14(12)19-16/h1-8H,16H2,(H,17,18,19). The molecule has 3 N–H and O–H groups in total. The number of nitrogen functional groups attached to an aromatic ring is 1. The van der Waals surface area contributed by atoms with Gasteiger partial charge in [0.25, 0.3) is 0 Å². The second-order valence-electron chi connectivity index (χ2n) is 4.09. The Morgan fingerprint density at radius 3 is 2.63 bits per heavy atom. The van der Waals surface area contributed by atoms with Crippen molar-refractivity contribution < 1.29 is 0 Å². The summed E-state index contributed by atoms with van der Waals surface area (Å²) in [6.07, 6.45) is 1.72. The molecule has 5 heteroatoms. The highest BCUT2D eigenvalue weighted by atomic mass is 79.9. The zero-order valence-electron chi connectivity index (χ0n) is 9.97. The van der Waals surface area contributed by atoms with Crippen molar-refractivity contribution in [3.05, 3.63) is 53.1 Å². The summed E-state index contributed by atoms with van der Waals surface area (Å²) in [5.74, 6) is 6.18. The van der Waals surface area contributed by atoms with Crippen LogP contribution in [0.3, 0.4) is 0 Å². The predicted molar refractivity (Wildman–Crippen MR) is 80.5 cm³/mol. The lowest BCUT2D eigenvalue weighted by molar-refractivity contribution is 1.23. The Kier molecular flexibility index (Phi) is 3.15. The van der Waals surface area contributed by atoms with Crippen LogP contribution in [0.4, 0.5) is 5.82 Å². The highest BCUT2D eigenvalue weighted by molar-refractivity contribution is 9.10. The zero-order valence-corrected chi connectivity index (χ0v) is 11.6. The van der Waals surface area contributed by atoms with E-state index in [-0.39, 0.29) is 0 Å². The van der Waals surface area contributed by atoms with Gasteiger partial charge >= 0.3 is 0 Å². The van der Waals surface area contributed by atoms with Crippen molar-refractivity contribution >= 4 is 32.8 Å². The third-order valence-electron chi connectivity index (χ3n) is 2.88. The maximum absolute atomic E-state index is 5.56. The summed E-state index contributed by atoms with van der Waals surface area (Å²) in [7, 11) is 0. The number of fused-ring (bicyclic) bond motifs is 1. The first-order valence-corrected chi connectivity index (χ1v) is 6.55. The number of anilines is 1. The second-order valence-corrected chi connectivity index (χ2v) is 5.00. The van der Waals surface area contributed by atoms with Crippen LogP contribution in [0.25, 0.3) is 22.2 Å². The van der Waals surface area contributed by atoms with E-state index in [4.69, 9.17) is 5.84 Å². The average Bonchev–Trinajstić information content (AvgIpc) is 2.46. The molecule has 0 atom stereocenters. The molecule has 3 rings (SSSR count). The number of hydrazine groups is 1. The Morgan fingerprint density at radius 1 is 1.11 bits per heavy atom. The van der Waals surface area contributed by atoms with Gasteiger partial charge in [0.1, 0.15) is 5.82 Å². The number of pyridine rings is 2. The van der Waals surface area contributed by atoms with E-state index in [1.54, 1.807) is 6.20 Å². The van der Waals surface area contributed by atoms with E-state index in [0.717, 1.165) is 21.0 Å². The first-order chi connectivity index (χ1) is 9.28. The van der Waals surface area contributed by atoms with Crippen molar-refractivity contribution in [3.8, 4) is 11.1 Å². The molecule has 0 bridgehead atoms. The van der Waals surface area contributed by atoms with Gasteiger partial charge in [-0.2, -0.15) is 0 Å². The number of rotatable bonds is 2. The van der Waals surface area contributed by atoms with E-state index < -0.39 is 0 Å². The van der Waals surface area contributed by atoms with Gasteiger partial charge in [0.15, 0.2) is 5.65 Å². The largest absolute Gasteiger partial charge is 0.308 e. The summed E-state index contributed by atoms with van der Waals surface area (Å²) >= 11 is 3.43. The zero-order chi connectivity index (χ0) is 13.2. The highest BCUT2D eigenvalue weighted by Gasteiger charge is 2.08. The van der Waals surface area contributed by atoms with Crippen molar-refractivity contribution in [2.45, 2.75) is 0 Å². The number of nitrogens with two attached hydrogens (primary N) is 1. The van der Waals surface area contributed by atoms with Crippen LogP contribution in [0.15, 0.2) is 53.1 Å². The maximum atomic E-state index is 5.56. The summed E-state index contributed by atoms with van der Waals surface area (Å²) in [6.45, 7) is 0. The molecule has 94 valence electrons. The van der Waals surface area contributed by atoms with Gasteiger partial charge in [-0.15, -0.1) is 0 Å². The van der Waals surface area contributed by atoms with E-state index in [0.29, 0.717) is 11.5 Å². The summed E-state index contributed by atoms with van der Waals surface area (Å²) in [4.78, 5) is 8.66. The Bertz CT molecular complexity index is 725. The fourth-order valence-electron chi connectivity index (χ4n) is 1.96. The molecule has 0 aliphatic heterocycles. The van der Waals surface area contributed by atoms with E-state index in [9.17, 15) is 0 Å². The lowest BCUT2D eigenvalue weighted by Crippen LogP contribution is -2.10. The number of aromatic nitrogens is 2. The molecule has 3 aromatic rings. The Labute approximate surface area is 118 Å². The van der Waals surface area contributed by atoms with Crippen molar-refractivity contribution in [1.29, 1.82) is 0 Å². The monoisotopic (exact) mass is 314 g/mol. The van der Waals surface area contributed by atoms with Gasteiger partial charge in [0.05, 0.1) is 0 Å². The van der Waals surface area contributed by atoms with Crippen molar-refractivity contribution in [2.24, 2.45) is 5.84 Å². The molecule has 1 aromatic carbocycles. The van der Waals surface area contributed by atoms with Crippen molar-refractivity contribution in [2.75, 3.05) is 5.43 Å². The van der Waals surface area contributed by atoms with Gasteiger partial charge in [-0.25, -0.2) is 15.8 Å². The third-order valence-corrected chi connectivity index (χ3v) is 3.41. The SMILES string of the molecule is NNc1nc2ncccc2cc1-c1ccc(Br)cc1. The van der Waals surface area contributed by atoms with Crippen LogP contribution < -0.4 is 11.3 Å². The number of halogens is 1. The summed E-state index contributed by atoms with van der Waals surface area (Å²) in [6, 6.07) is 13.9. The highest BCUT2D eigenvalue weighted by Crippen LogP contribution is 2.29. The van der Waals surface area contributed by atoms with Gasteiger partial charge in [-0.1, -0.05) is 28.1 Å². The minimum absolute atomic E-state index is 0.619. The minimum atomic E-state index is 0.619. The molecule has 0 saturated carbocycles. The number of benzene rings is 1. The molecule has 0 radical (unpaired) electrons. The lowest BCUT2D eigenvalue weighted by Gasteiger charge is -2.09. The van der Waals surface area contributed by atoms with Crippen LogP contribution >= 0.6 is 15.9 Å². The van der Waals surface area contributed by atoms with E-state index in [1.165, 1.54) is 0 Å². The molecule has 0 aliphatic rings. The Morgan fingerprint density at radius 2 is 1.89 bits per heavy atom.